The van der Waals surface area contributed by atoms with E-state index in [1.54, 1.807) is 6.07 Å². The minimum atomic E-state index is -0.596. The maximum atomic E-state index is 12.9. The SMILES string of the molecule is CC(=O)Nc1sc2c(c1C(=O)OCc1cc(=O)oc3cc(O)ccc13)CCCC2. The quantitative estimate of drug-likeness (QED) is 0.498. The van der Waals surface area contributed by atoms with Crippen LogP contribution in [0.3, 0.4) is 0 Å². The first-order valence-electron chi connectivity index (χ1n) is 9.27. The van der Waals surface area contributed by atoms with Crippen LogP contribution < -0.4 is 10.9 Å². The molecular formula is C21H19NO6S. The summed E-state index contributed by atoms with van der Waals surface area (Å²) >= 11 is 1.42. The highest BCUT2D eigenvalue weighted by atomic mass is 32.1. The zero-order chi connectivity index (χ0) is 20.5. The minimum Gasteiger partial charge on any atom is -0.508 e. The van der Waals surface area contributed by atoms with E-state index in [9.17, 15) is 19.5 Å². The Morgan fingerprint density at radius 2 is 2.03 bits per heavy atom. The van der Waals surface area contributed by atoms with Gasteiger partial charge in [-0.05, 0) is 43.4 Å². The van der Waals surface area contributed by atoms with Crippen LogP contribution in [0.2, 0.25) is 0 Å². The second-order valence-corrected chi connectivity index (χ2v) is 8.05. The monoisotopic (exact) mass is 413 g/mol. The molecule has 4 rings (SSSR count). The van der Waals surface area contributed by atoms with Crippen LogP contribution in [0.1, 0.15) is 46.1 Å². The summed E-state index contributed by atoms with van der Waals surface area (Å²) in [6.45, 7) is 1.27. The number of rotatable bonds is 4. The molecule has 0 aliphatic heterocycles. The zero-order valence-electron chi connectivity index (χ0n) is 15.7. The molecule has 29 heavy (non-hydrogen) atoms. The maximum Gasteiger partial charge on any atom is 0.341 e. The van der Waals surface area contributed by atoms with Crippen molar-refractivity contribution < 1.29 is 23.8 Å². The van der Waals surface area contributed by atoms with Gasteiger partial charge in [-0.2, -0.15) is 0 Å². The largest absolute Gasteiger partial charge is 0.508 e. The van der Waals surface area contributed by atoms with Gasteiger partial charge in [-0.3, -0.25) is 4.79 Å². The average Bonchev–Trinajstić information content (AvgIpc) is 3.02. The highest BCUT2D eigenvalue weighted by Crippen LogP contribution is 2.38. The first kappa shape index (κ1) is 19.2. The molecule has 0 spiro atoms. The Bertz CT molecular complexity index is 1180. The lowest BCUT2D eigenvalue weighted by atomic mass is 9.95. The molecule has 1 amide bonds. The number of phenolic OH excluding ortho intramolecular Hbond substituents is 1. The number of aryl methyl sites for hydroxylation is 1. The smallest absolute Gasteiger partial charge is 0.341 e. The number of ether oxygens (including phenoxy) is 1. The summed E-state index contributed by atoms with van der Waals surface area (Å²) in [4.78, 5) is 37.4. The number of thiophene rings is 1. The molecule has 0 atom stereocenters. The summed E-state index contributed by atoms with van der Waals surface area (Å²) in [6.07, 6.45) is 3.69. The van der Waals surface area contributed by atoms with Crippen LogP contribution in [0.15, 0.2) is 33.5 Å². The minimum absolute atomic E-state index is 0.0281. The number of anilines is 1. The van der Waals surface area contributed by atoms with E-state index in [4.69, 9.17) is 9.15 Å². The van der Waals surface area contributed by atoms with Gasteiger partial charge in [0.05, 0.1) is 5.56 Å². The number of aromatic hydroxyl groups is 1. The molecule has 0 fully saturated rings. The van der Waals surface area contributed by atoms with Crippen molar-refractivity contribution in [2.75, 3.05) is 5.32 Å². The number of carbonyl (C=O) groups excluding carboxylic acids is 2. The first-order chi connectivity index (χ1) is 13.9. The van der Waals surface area contributed by atoms with Crippen LogP contribution in [0, 0.1) is 0 Å². The highest BCUT2D eigenvalue weighted by Gasteiger charge is 2.27. The third-order valence-electron chi connectivity index (χ3n) is 4.84. The third kappa shape index (κ3) is 3.88. The normalized spacial score (nSPS) is 13.1. The summed E-state index contributed by atoms with van der Waals surface area (Å²) in [5, 5.41) is 13.4. The van der Waals surface area contributed by atoms with Crippen LogP contribution in [0.4, 0.5) is 5.00 Å². The number of carbonyl (C=O) groups is 2. The molecule has 2 heterocycles. The van der Waals surface area contributed by atoms with Crippen molar-refractivity contribution in [2.24, 2.45) is 0 Å². The van der Waals surface area contributed by atoms with Gasteiger partial charge in [-0.25, -0.2) is 9.59 Å². The molecule has 0 unspecified atom stereocenters. The summed E-state index contributed by atoms with van der Waals surface area (Å²) in [5.74, 6) is -0.808. The number of phenols is 1. The van der Waals surface area contributed by atoms with E-state index in [0.717, 1.165) is 36.1 Å². The van der Waals surface area contributed by atoms with Crippen molar-refractivity contribution in [3.63, 3.8) is 0 Å². The van der Waals surface area contributed by atoms with Gasteiger partial charge in [0.15, 0.2) is 0 Å². The molecule has 0 bridgehead atoms. The number of hydrogen-bond donors (Lipinski definition) is 2. The van der Waals surface area contributed by atoms with Crippen LogP contribution in [-0.2, 0) is 29.0 Å². The van der Waals surface area contributed by atoms with Crippen LogP contribution in [0.25, 0.3) is 11.0 Å². The Balaban J connectivity index is 1.64. The zero-order valence-corrected chi connectivity index (χ0v) is 16.6. The third-order valence-corrected chi connectivity index (χ3v) is 6.04. The van der Waals surface area contributed by atoms with Gasteiger partial charge < -0.3 is 19.6 Å². The number of fused-ring (bicyclic) bond motifs is 2. The molecule has 1 aliphatic rings. The molecule has 3 aromatic rings. The Kier molecular flexibility index (Phi) is 5.10. The Morgan fingerprint density at radius 3 is 2.83 bits per heavy atom. The summed E-state index contributed by atoms with van der Waals surface area (Å²) in [5.41, 5.74) is 1.45. The fraction of sp³-hybridized carbons (Fsp3) is 0.286. The lowest BCUT2D eigenvalue weighted by Gasteiger charge is -2.13. The molecule has 7 nitrogen and oxygen atoms in total. The topological polar surface area (TPSA) is 106 Å². The average molecular weight is 413 g/mol. The maximum absolute atomic E-state index is 12.9. The highest BCUT2D eigenvalue weighted by molar-refractivity contribution is 7.17. The predicted molar refractivity (Wildman–Crippen MR) is 109 cm³/mol. The second-order valence-electron chi connectivity index (χ2n) is 6.94. The van der Waals surface area contributed by atoms with Gasteiger partial charge in [0.25, 0.3) is 0 Å². The van der Waals surface area contributed by atoms with Gasteiger partial charge >= 0.3 is 11.6 Å². The number of nitrogens with one attached hydrogen (secondary N) is 1. The van der Waals surface area contributed by atoms with E-state index in [-0.39, 0.29) is 23.8 Å². The molecule has 8 heteroatoms. The van der Waals surface area contributed by atoms with Gasteiger partial charge in [0.1, 0.15) is 22.9 Å². The fourth-order valence-corrected chi connectivity index (χ4v) is 4.91. The van der Waals surface area contributed by atoms with Crippen LogP contribution >= 0.6 is 11.3 Å². The van der Waals surface area contributed by atoms with Crippen molar-refractivity contribution >= 4 is 39.2 Å². The second kappa shape index (κ2) is 7.71. The summed E-state index contributed by atoms with van der Waals surface area (Å²) in [7, 11) is 0. The Hall–Kier alpha value is -3.13. The molecule has 0 radical (unpaired) electrons. The lowest BCUT2D eigenvalue weighted by Crippen LogP contribution is -2.14. The van der Waals surface area contributed by atoms with E-state index in [0.29, 0.717) is 21.5 Å². The molecule has 0 saturated heterocycles. The Morgan fingerprint density at radius 1 is 1.24 bits per heavy atom. The Labute approximate surface area is 169 Å². The molecule has 0 saturated carbocycles. The van der Waals surface area contributed by atoms with Crippen LogP contribution in [0.5, 0.6) is 5.75 Å². The number of esters is 1. The van der Waals surface area contributed by atoms with Crippen LogP contribution in [-0.4, -0.2) is 17.0 Å². The lowest BCUT2D eigenvalue weighted by molar-refractivity contribution is -0.114. The number of benzene rings is 1. The summed E-state index contributed by atoms with van der Waals surface area (Å²) in [6, 6.07) is 5.68. The standard InChI is InChI=1S/C21H19NO6S/c1-11(23)22-20-19(15-4-2-3-5-17(15)29-20)21(26)27-10-12-8-18(25)28-16-9-13(24)6-7-14(12)16/h6-9,24H,2-5,10H2,1H3,(H,22,23). The van der Waals surface area contributed by atoms with Gasteiger partial charge in [-0.1, -0.05) is 0 Å². The van der Waals surface area contributed by atoms with Gasteiger partial charge in [0, 0.05) is 34.9 Å². The number of hydrogen-bond acceptors (Lipinski definition) is 7. The molecule has 1 aromatic carbocycles. The fourth-order valence-electron chi connectivity index (χ4n) is 3.58. The van der Waals surface area contributed by atoms with Crippen molar-refractivity contribution in [3.05, 3.63) is 56.3 Å². The van der Waals surface area contributed by atoms with Crippen molar-refractivity contribution in [1.29, 1.82) is 0 Å². The van der Waals surface area contributed by atoms with E-state index in [1.165, 1.54) is 36.5 Å². The van der Waals surface area contributed by atoms with Gasteiger partial charge in [-0.15, -0.1) is 11.3 Å². The van der Waals surface area contributed by atoms with Crippen molar-refractivity contribution in [2.45, 2.75) is 39.2 Å². The van der Waals surface area contributed by atoms with E-state index >= 15 is 0 Å². The molecule has 2 aromatic heterocycles. The molecule has 2 N–H and O–H groups in total. The molecular weight excluding hydrogens is 394 g/mol. The predicted octanol–water partition coefficient (Wildman–Crippen LogP) is 3.75. The van der Waals surface area contributed by atoms with E-state index in [2.05, 4.69) is 5.32 Å². The molecule has 150 valence electrons. The number of amides is 1. The van der Waals surface area contributed by atoms with Crippen molar-refractivity contribution in [1.82, 2.24) is 0 Å². The van der Waals surface area contributed by atoms with Gasteiger partial charge in [0.2, 0.25) is 5.91 Å². The van der Waals surface area contributed by atoms with E-state index in [1.807, 2.05) is 0 Å². The van der Waals surface area contributed by atoms with Crippen molar-refractivity contribution in [3.8, 4) is 5.75 Å². The first-order valence-corrected chi connectivity index (χ1v) is 10.1. The molecule has 1 aliphatic carbocycles. The van der Waals surface area contributed by atoms with E-state index < -0.39 is 11.6 Å². The summed E-state index contributed by atoms with van der Waals surface area (Å²) < 4.78 is 10.6.